The van der Waals surface area contributed by atoms with Crippen LogP contribution in [0.5, 0.6) is 0 Å². The molecule has 0 spiro atoms. The molecule has 0 bridgehead atoms. The number of guanidine groups is 1. The first-order valence-corrected chi connectivity index (χ1v) is 9.73. The van der Waals surface area contributed by atoms with Gasteiger partial charge >= 0.3 is 0 Å². The summed E-state index contributed by atoms with van der Waals surface area (Å²) in [6.07, 6.45) is 2.76. The van der Waals surface area contributed by atoms with Crippen molar-refractivity contribution in [3.63, 3.8) is 0 Å². The minimum atomic E-state index is -0.262. The highest BCUT2D eigenvalue weighted by Gasteiger charge is 2.23. The van der Waals surface area contributed by atoms with E-state index in [2.05, 4.69) is 33.4 Å². The quantitative estimate of drug-likeness (QED) is 0.474. The number of rotatable bonds is 5. The van der Waals surface area contributed by atoms with Crippen molar-refractivity contribution in [3.05, 3.63) is 35.4 Å². The first kappa shape index (κ1) is 18.7. The van der Waals surface area contributed by atoms with Gasteiger partial charge in [-0.2, -0.15) is 0 Å². The molecule has 1 aromatic rings. The number of likely N-dealkylation sites (tertiary alicyclic amines) is 1. The van der Waals surface area contributed by atoms with Gasteiger partial charge in [0.1, 0.15) is 0 Å². The van der Waals surface area contributed by atoms with Crippen LogP contribution in [0, 0.1) is 0 Å². The van der Waals surface area contributed by atoms with E-state index in [4.69, 9.17) is 0 Å². The van der Waals surface area contributed by atoms with E-state index < -0.39 is 0 Å². The number of aliphatic hydroxyl groups is 1. The Labute approximate surface area is 155 Å². The van der Waals surface area contributed by atoms with Gasteiger partial charge in [0, 0.05) is 45.7 Å². The second-order valence-electron chi connectivity index (χ2n) is 7.06. The number of nitrogens with zero attached hydrogens (tertiary/aromatic N) is 3. The van der Waals surface area contributed by atoms with E-state index in [0.29, 0.717) is 19.5 Å². The number of aliphatic imine (C=N–C) groups is 1. The number of hydrogen-bond donors (Lipinski definition) is 2. The fourth-order valence-corrected chi connectivity index (χ4v) is 3.64. The highest BCUT2D eigenvalue weighted by molar-refractivity contribution is 5.80. The van der Waals surface area contributed by atoms with Crippen LogP contribution >= 0.6 is 0 Å². The number of β-amino-alcohol motifs (C(OH)–C–C–N with tert-alkyl or cyclic N) is 1. The van der Waals surface area contributed by atoms with E-state index in [1.807, 2.05) is 17.9 Å². The molecular weight excluding hydrogens is 328 g/mol. The molecule has 0 unspecified atom stereocenters. The summed E-state index contributed by atoms with van der Waals surface area (Å²) in [5.74, 6) is 1.07. The highest BCUT2D eigenvalue weighted by Crippen LogP contribution is 2.19. The third kappa shape index (κ3) is 4.75. The molecule has 3 rings (SSSR count). The van der Waals surface area contributed by atoms with Gasteiger partial charge in [0.15, 0.2) is 5.96 Å². The molecule has 1 atom stereocenters. The molecule has 1 fully saturated rings. The van der Waals surface area contributed by atoms with Crippen molar-refractivity contribution < 1.29 is 9.90 Å². The smallest absolute Gasteiger partial charge is 0.222 e. The summed E-state index contributed by atoms with van der Waals surface area (Å²) in [4.78, 5) is 21.2. The van der Waals surface area contributed by atoms with Gasteiger partial charge in [-0.05, 0) is 37.3 Å². The third-order valence-corrected chi connectivity index (χ3v) is 5.09. The van der Waals surface area contributed by atoms with Gasteiger partial charge in [-0.25, -0.2) is 0 Å². The van der Waals surface area contributed by atoms with Crippen LogP contribution < -0.4 is 5.32 Å². The summed E-state index contributed by atoms with van der Waals surface area (Å²) in [6.45, 7) is 6.49. The van der Waals surface area contributed by atoms with E-state index >= 15 is 0 Å². The maximum absolute atomic E-state index is 12.5. The van der Waals surface area contributed by atoms with Gasteiger partial charge in [-0.1, -0.05) is 24.3 Å². The minimum Gasteiger partial charge on any atom is -0.391 e. The van der Waals surface area contributed by atoms with Crippen LogP contribution in [0.3, 0.4) is 0 Å². The summed E-state index contributed by atoms with van der Waals surface area (Å²) >= 11 is 0. The zero-order valence-corrected chi connectivity index (χ0v) is 15.7. The lowest BCUT2D eigenvalue weighted by Crippen LogP contribution is -2.40. The van der Waals surface area contributed by atoms with Crippen LogP contribution in [0.25, 0.3) is 0 Å². The van der Waals surface area contributed by atoms with Crippen LogP contribution in [0.2, 0.25) is 0 Å². The molecule has 0 aromatic heterocycles. The molecule has 0 radical (unpaired) electrons. The van der Waals surface area contributed by atoms with Crippen LogP contribution in [0.4, 0.5) is 0 Å². The van der Waals surface area contributed by atoms with Gasteiger partial charge in [0.05, 0.1) is 6.10 Å². The van der Waals surface area contributed by atoms with E-state index in [1.165, 1.54) is 11.1 Å². The van der Waals surface area contributed by atoms with Gasteiger partial charge in [-0.15, -0.1) is 0 Å². The first-order chi connectivity index (χ1) is 12.7. The topological polar surface area (TPSA) is 68.2 Å². The maximum atomic E-state index is 12.5. The molecule has 0 aliphatic carbocycles. The Balaban J connectivity index is 1.46. The molecule has 6 nitrogen and oxygen atoms in total. The van der Waals surface area contributed by atoms with Crippen molar-refractivity contribution in [2.45, 2.75) is 45.3 Å². The fourth-order valence-electron chi connectivity index (χ4n) is 3.64. The number of carbonyl (C=O) groups is 1. The SMILES string of the molecule is CCNC(=NCCCC(=O)N1CCc2ccccc2C1)N1CC[C@@H](O)C1. The van der Waals surface area contributed by atoms with E-state index in [0.717, 1.165) is 51.4 Å². The molecule has 2 aliphatic rings. The summed E-state index contributed by atoms with van der Waals surface area (Å²) in [7, 11) is 0. The van der Waals surface area contributed by atoms with Gasteiger partial charge in [0.2, 0.25) is 5.91 Å². The zero-order chi connectivity index (χ0) is 18.4. The minimum absolute atomic E-state index is 0.219. The Bertz CT molecular complexity index is 646. The average Bonchev–Trinajstić information content (AvgIpc) is 3.10. The Kier molecular flexibility index (Phi) is 6.50. The van der Waals surface area contributed by atoms with Crippen molar-refractivity contribution >= 4 is 11.9 Å². The number of hydrogen-bond acceptors (Lipinski definition) is 3. The number of benzene rings is 1. The lowest BCUT2D eigenvalue weighted by atomic mass is 9.99. The van der Waals surface area contributed by atoms with Crippen LogP contribution in [0.1, 0.15) is 37.3 Å². The summed E-state index contributed by atoms with van der Waals surface area (Å²) in [5.41, 5.74) is 2.64. The molecule has 0 saturated carbocycles. The lowest BCUT2D eigenvalue weighted by Gasteiger charge is -2.29. The Morgan fingerprint density at radius 3 is 2.81 bits per heavy atom. The largest absolute Gasteiger partial charge is 0.391 e. The van der Waals surface area contributed by atoms with Gasteiger partial charge in [0.25, 0.3) is 0 Å². The van der Waals surface area contributed by atoms with Crippen molar-refractivity contribution in [1.82, 2.24) is 15.1 Å². The molecule has 142 valence electrons. The van der Waals surface area contributed by atoms with Crippen molar-refractivity contribution in [1.29, 1.82) is 0 Å². The summed E-state index contributed by atoms with van der Waals surface area (Å²) in [6, 6.07) is 8.38. The number of aliphatic hydroxyl groups excluding tert-OH is 1. The van der Waals surface area contributed by atoms with Crippen LogP contribution in [-0.4, -0.2) is 65.6 Å². The van der Waals surface area contributed by atoms with Crippen molar-refractivity contribution in [2.75, 3.05) is 32.7 Å². The van der Waals surface area contributed by atoms with E-state index in [-0.39, 0.29) is 12.0 Å². The molecule has 26 heavy (non-hydrogen) atoms. The molecule has 6 heteroatoms. The van der Waals surface area contributed by atoms with Crippen molar-refractivity contribution in [3.8, 4) is 0 Å². The fraction of sp³-hybridized carbons (Fsp3) is 0.600. The average molecular weight is 358 g/mol. The van der Waals surface area contributed by atoms with E-state index in [1.54, 1.807) is 0 Å². The maximum Gasteiger partial charge on any atom is 0.222 e. The third-order valence-electron chi connectivity index (χ3n) is 5.09. The molecule has 1 saturated heterocycles. The monoisotopic (exact) mass is 358 g/mol. The summed E-state index contributed by atoms with van der Waals surface area (Å²) in [5, 5.41) is 13.0. The highest BCUT2D eigenvalue weighted by atomic mass is 16.3. The molecule has 1 amide bonds. The number of amides is 1. The standard InChI is InChI=1S/C20H30N4O2/c1-2-21-20(24-13-10-18(25)15-24)22-11-5-8-19(26)23-12-9-16-6-3-4-7-17(16)14-23/h3-4,6-7,18,25H,2,5,8-15H2,1H3,(H,21,22)/t18-/m1/s1. The second-order valence-corrected chi connectivity index (χ2v) is 7.06. The van der Waals surface area contributed by atoms with Crippen LogP contribution in [-0.2, 0) is 17.8 Å². The Morgan fingerprint density at radius 1 is 1.27 bits per heavy atom. The first-order valence-electron chi connectivity index (χ1n) is 9.73. The van der Waals surface area contributed by atoms with Gasteiger partial charge in [-0.3, -0.25) is 9.79 Å². The lowest BCUT2D eigenvalue weighted by molar-refractivity contribution is -0.132. The molecule has 1 aromatic carbocycles. The van der Waals surface area contributed by atoms with Gasteiger partial charge < -0.3 is 20.2 Å². The Morgan fingerprint density at radius 2 is 2.08 bits per heavy atom. The Hall–Kier alpha value is -2.08. The molecule has 2 N–H and O–H groups in total. The number of fused-ring (bicyclic) bond motifs is 1. The van der Waals surface area contributed by atoms with E-state index in [9.17, 15) is 9.90 Å². The zero-order valence-electron chi connectivity index (χ0n) is 15.7. The normalized spacial score (nSPS) is 20.2. The second kappa shape index (κ2) is 9.03. The molecule has 2 heterocycles. The number of carbonyl (C=O) groups excluding carboxylic acids is 1. The molecule has 2 aliphatic heterocycles. The number of nitrogens with one attached hydrogen (secondary N) is 1. The van der Waals surface area contributed by atoms with Crippen molar-refractivity contribution in [2.24, 2.45) is 4.99 Å². The summed E-state index contributed by atoms with van der Waals surface area (Å²) < 4.78 is 0. The van der Waals surface area contributed by atoms with Crippen LogP contribution in [0.15, 0.2) is 29.3 Å². The predicted octanol–water partition coefficient (Wildman–Crippen LogP) is 1.38. The predicted molar refractivity (Wildman–Crippen MR) is 103 cm³/mol. The molecular formula is C20H30N4O2.